The number of hydrogen-bond acceptors (Lipinski definition) is 2. The number of nitrogens with zero attached hydrogens (tertiary/aromatic N) is 1. The molecular formula is C13H26N2O. The number of nitrogens with two attached hydrogens (primary N) is 1. The predicted octanol–water partition coefficient (Wildman–Crippen LogP) is 2.15. The molecule has 1 aliphatic carbocycles. The molecule has 0 spiro atoms. The lowest BCUT2D eigenvalue weighted by molar-refractivity contribution is -0.136. The Labute approximate surface area is 99.4 Å². The zero-order valence-corrected chi connectivity index (χ0v) is 10.7. The second-order valence-electron chi connectivity index (χ2n) is 4.95. The Balaban J connectivity index is 2.51. The first-order valence-electron chi connectivity index (χ1n) is 6.73. The molecule has 2 atom stereocenters. The van der Waals surface area contributed by atoms with Crippen LogP contribution in [-0.4, -0.2) is 29.9 Å². The van der Waals surface area contributed by atoms with Gasteiger partial charge in [-0.15, -0.1) is 0 Å². The third-order valence-corrected chi connectivity index (χ3v) is 3.36. The molecule has 0 radical (unpaired) electrons. The summed E-state index contributed by atoms with van der Waals surface area (Å²) < 4.78 is 0. The summed E-state index contributed by atoms with van der Waals surface area (Å²) in [6.07, 6.45) is 6.23. The van der Waals surface area contributed by atoms with Crippen LogP contribution in [0, 0.1) is 5.92 Å². The van der Waals surface area contributed by atoms with Gasteiger partial charge in [0.25, 0.3) is 0 Å². The largest absolute Gasteiger partial charge is 0.342 e. The molecule has 2 unspecified atom stereocenters. The average Bonchev–Trinajstić information content (AvgIpc) is 2.28. The van der Waals surface area contributed by atoms with Crippen LogP contribution in [0.5, 0.6) is 0 Å². The molecule has 0 aromatic heterocycles. The number of rotatable bonds is 5. The summed E-state index contributed by atoms with van der Waals surface area (Å²) in [6, 6.07) is 0.243. The minimum absolute atomic E-state index is 0.196. The fraction of sp³-hybridized carbons (Fsp3) is 0.923. The normalized spacial score (nSPS) is 25.4. The molecule has 3 nitrogen and oxygen atoms in total. The predicted molar refractivity (Wildman–Crippen MR) is 67.1 cm³/mol. The lowest BCUT2D eigenvalue weighted by atomic mass is 9.85. The van der Waals surface area contributed by atoms with Crippen LogP contribution in [0.2, 0.25) is 0 Å². The Morgan fingerprint density at radius 3 is 2.38 bits per heavy atom. The van der Waals surface area contributed by atoms with Gasteiger partial charge in [0.15, 0.2) is 0 Å². The van der Waals surface area contributed by atoms with Crippen LogP contribution in [-0.2, 0) is 4.79 Å². The maximum Gasteiger partial charge on any atom is 0.225 e. The molecule has 16 heavy (non-hydrogen) atoms. The van der Waals surface area contributed by atoms with Gasteiger partial charge >= 0.3 is 0 Å². The Kier molecular flexibility index (Phi) is 5.81. The highest BCUT2D eigenvalue weighted by Gasteiger charge is 2.28. The lowest BCUT2D eigenvalue weighted by Crippen LogP contribution is -2.41. The van der Waals surface area contributed by atoms with E-state index < -0.39 is 0 Å². The molecule has 1 rings (SSSR count). The van der Waals surface area contributed by atoms with Crippen LogP contribution >= 0.6 is 0 Å². The SMILES string of the molecule is CCCN(CCC)C(=O)C1CCCC(N)C1. The monoisotopic (exact) mass is 226 g/mol. The lowest BCUT2D eigenvalue weighted by Gasteiger charge is -2.31. The van der Waals surface area contributed by atoms with Crippen molar-refractivity contribution in [3.05, 3.63) is 0 Å². The third kappa shape index (κ3) is 3.78. The van der Waals surface area contributed by atoms with Crippen molar-refractivity contribution < 1.29 is 4.79 Å². The van der Waals surface area contributed by atoms with Gasteiger partial charge in [-0.1, -0.05) is 20.3 Å². The summed E-state index contributed by atoms with van der Waals surface area (Å²) in [6.45, 7) is 6.06. The van der Waals surface area contributed by atoms with E-state index in [1.165, 1.54) is 0 Å². The van der Waals surface area contributed by atoms with Crippen molar-refractivity contribution in [2.75, 3.05) is 13.1 Å². The van der Waals surface area contributed by atoms with E-state index in [2.05, 4.69) is 13.8 Å². The summed E-state index contributed by atoms with van der Waals surface area (Å²) in [5.41, 5.74) is 5.94. The van der Waals surface area contributed by atoms with Crippen LogP contribution in [0.4, 0.5) is 0 Å². The molecule has 1 amide bonds. The van der Waals surface area contributed by atoms with Crippen LogP contribution in [0.1, 0.15) is 52.4 Å². The van der Waals surface area contributed by atoms with Gasteiger partial charge in [-0.05, 0) is 32.1 Å². The maximum atomic E-state index is 12.3. The van der Waals surface area contributed by atoms with Crippen LogP contribution in [0.15, 0.2) is 0 Å². The Morgan fingerprint density at radius 1 is 1.25 bits per heavy atom. The smallest absolute Gasteiger partial charge is 0.225 e. The average molecular weight is 226 g/mol. The maximum absolute atomic E-state index is 12.3. The van der Waals surface area contributed by atoms with E-state index in [4.69, 9.17) is 5.73 Å². The van der Waals surface area contributed by atoms with Crippen molar-refractivity contribution >= 4 is 5.91 Å². The van der Waals surface area contributed by atoms with Crippen LogP contribution < -0.4 is 5.73 Å². The molecule has 0 aromatic carbocycles. The Bertz CT molecular complexity index is 205. The second-order valence-corrected chi connectivity index (χ2v) is 4.95. The van der Waals surface area contributed by atoms with Gasteiger partial charge in [0.05, 0.1) is 0 Å². The van der Waals surface area contributed by atoms with Gasteiger partial charge in [-0.3, -0.25) is 4.79 Å². The minimum atomic E-state index is 0.196. The Morgan fingerprint density at radius 2 is 1.88 bits per heavy atom. The van der Waals surface area contributed by atoms with Gasteiger partial charge in [-0.25, -0.2) is 0 Å². The highest BCUT2D eigenvalue weighted by molar-refractivity contribution is 5.79. The highest BCUT2D eigenvalue weighted by Crippen LogP contribution is 2.25. The molecule has 0 saturated heterocycles. The summed E-state index contributed by atoms with van der Waals surface area (Å²) in [4.78, 5) is 14.3. The molecule has 0 heterocycles. The van der Waals surface area contributed by atoms with E-state index in [-0.39, 0.29) is 12.0 Å². The number of carbonyl (C=O) groups excluding carboxylic acids is 1. The Hall–Kier alpha value is -0.570. The van der Waals surface area contributed by atoms with Gasteiger partial charge < -0.3 is 10.6 Å². The minimum Gasteiger partial charge on any atom is -0.342 e. The number of amides is 1. The fourth-order valence-corrected chi connectivity index (χ4v) is 2.58. The first-order valence-corrected chi connectivity index (χ1v) is 6.73. The zero-order chi connectivity index (χ0) is 12.0. The van der Waals surface area contributed by atoms with Crippen molar-refractivity contribution in [3.8, 4) is 0 Å². The van der Waals surface area contributed by atoms with E-state index in [9.17, 15) is 4.79 Å². The highest BCUT2D eigenvalue weighted by atomic mass is 16.2. The molecular weight excluding hydrogens is 200 g/mol. The molecule has 1 aliphatic rings. The van der Waals surface area contributed by atoms with Gasteiger partial charge in [-0.2, -0.15) is 0 Å². The van der Waals surface area contributed by atoms with Crippen molar-refractivity contribution in [1.29, 1.82) is 0 Å². The van der Waals surface area contributed by atoms with Crippen LogP contribution in [0.3, 0.4) is 0 Å². The molecule has 94 valence electrons. The molecule has 2 N–H and O–H groups in total. The molecule has 0 bridgehead atoms. The van der Waals surface area contributed by atoms with Crippen molar-refractivity contribution in [2.45, 2.75) is 58.4 Å². The van der Waals surface area contributed by atoms with Crippen molar-refractivity contribution in [1.82, 2.24) is 4.90 Å². The second kappa shape index (κ2) is 6.89. The van der Waals surface area contributed by atoms with E-state index in [1.54, 1.807) is 0 Å². The summed E-state index contributed by atoms with van der Waals surface area (Å²) in [5, 5.41) is 0. The van der Waals surface area contributed by atoms with Gasteiger partial charge in [0.2, 0.25) is 5.91 Å². The fourth-order valence-electron chi connectivity index (χ4n) is 2.58. The summed E-state index contributed by atoms with van der Waals surface area (Å²) in [5.74, 6) is 0.542. The van der Waals surface area contributed by atoms with Crippen molar-refractivity contribution in [2.24, 2.45) is 11.7 Å². The topological polar surface area (TPSA) is 46.3 Å². The molecule has 0 aromatic rings. The molecule has 1 fully saturated rings. The van der Waals surface area contributed by atoms with E-state index >= 15 is 0 Å². The quantitative estimate of drug-likeness (QED) is 0.781. The number of carbonyl (C=O) groups is 1. The standard InChI is InChI=1S/C13H26N2O/c1-3-8-15(9-4-2)13(16)11-6-5-7-12(14)10-11/h11-12H,3-10,14H2,1-2H3. The summed E-state index contributed by atoms with van der Waals surface area (Å²) in [7, 11) is 0. The molecule has 1 saturated carbocycles. The number of hydrogen-bond donors (Lipinski definition) is 1. The van der Waals surface area contributed by atoms with Gasteiger partial charge in [0, 0.05) is 25.0 Å². The first-order chi connectivity index (χ1) is 7.69. The third-order valence-electron chi connectivity index (χ3n) is 3.36. The zero-order valence-electron chi connectivity index (χ0n) is 10.7. The summed E-state index contributed by atoms with van der Waals surface area (Å²) >= 11 is 0. The van der Waals surface area contributed by atoms with Gasteiger partial charge in [0.1, 0.15) is 0 Å². The van der Waals surface area contributed by atoms with Crippen LogP contribution in [0.25, 0.3) is 0 Å². The van der Waals surface area contributed by atoms with E-state index in [0.29, 0.717) is 5.91 Å². The first kappa shape index (κ1) is 13.5. The molecule has 3 heteroatoms. The van der Waals surface area contributed by atoms with E-state index in [1.807, 2.05) is 4.90 Å². The van der Waals surface area contributed by atoms with E-state index in [0.717, 1.165) is 51.6 Å². The van der Waals surface area contributed by atoms with Crippen molar-refractivity contribution in [3.63, 3.8) is 0 Å². The molecule has 0 aliphatic heterocycles.